The second-order valence-corrected chi connectivity index (χ2v) is 5.37. The molecular weight excluding hydrogens is 290 g/mol. The van der Waals surface area contributed by atoms with Crippen molar-refractivity contribution in [3.05, 3.63) is 53.6 Å². The Labute approximate surface area is 121 Å². The van der Waals surface area contributed by atoms with Crippen LogP contribution in [0.25, 0.3) is 0 Å². The van der Waals surface area contributed by atoms with Crippen LogP contribution in [0.4, 0.5) is 5.69 Å². The first-order chi connectivity index (χ1) is 9.50. The molecule has 2 unspecified atom stereocenters. The third-order valence-electron chi connectivity index (χ3n) is 2.83. The summed E-state index contributed by atoms with van der Waals surface area (Å²) in [6.45, 7) is 0. The van der Waals surface area contributed by atoms with Crippen LogP contribution in [-0.4, -0.2) is 11.8 Å². The van der Waals surface area contributed by atoms with Gasteiger partial charge in [0.15, 0.2) is 0 Å². The van der Waals surface area contributed by atoms with E-state index in [0.717, 1.165) is 5.30 Å². The van der Waals surface area contributed by atoms with Crippen LogP contribution >= 0.6 is 18.5 Å². The first kappa shape index (κ1) is 14.6. The van der Waals surface area contributed by atoms with E-state index in [1.54, 1.807) is 30.3 Å². The van der Waals surface area contributed by atoms with Crippen molar-refractivity contribution in [2.24, 2.45) is 5.73 Å². The van der Waals surface area contributed by atoms with Gasteiger partial charge in [-0.3, -0.25) is 9.59 Å². The highest BCUT2D eigenvalue weighted by molar-refractivity contribution is 7.28. The summed E-state index contributed by atoms with van der Waals surface area (Å²) >= 11 is 0. The Morgan fingerprint density at radius 3 is 2.25 bits per heavy atom. The smallest absolute Gasteiger partial charge is 0.256 e. The molecular formula is C14H14N2O2P2. The number of amides is 2. The topological polar surface area (TPSA) is 72.2 Å². The molecule has 0 heterocycles. The van der Waals surface area contributed by atoms with Crippen molar-refractivity contribution in [3.63, 3.8) is 0 Å². The van der Waals surface area contributed by atoms with E-state index in [-0.39, 0.29) is 5.91 Å². The average molecular weight is 304 g/mol. The Morgan fingerprint density at radius 2 is 1.60 bits per heavy atom. The predicted molar refractivity (Wildman–Crippen MR) is 88.0 cm³/mol. The SMILES string of the molecule is NC(=O)c1cccc(NC(=O)c2ccccc2P)c1P. The van der Waals surface area contributed by atoms with Crippen LogP contribution in [0.15, 0.2) is 42.5 Å². The fourth-order valence-electron chi connectivity index (χ4n) is 1.78. The molecule has 20 heavy (non-hydrogen) atoms. The number of rotatable bonds is 3. The second kappa shape index (κ2) is 6.13. The Bertz CT molecular complexity index is 687. The highest BCUT2D eigenvalue weighted by atomic mass is 31.0. The lowest BCUT2D eigenvalue weighted by atomic mass is 10.1. The second-order valence-electron chi connectivity index (χ2n) is 4.17. The summed E-state index contributed by atoms with van der Waals surface area (Å²) in [6, 6.07) is 12.2. The van der Waals surface area contributed by atoms with Gasteiger partial charge in [0.05, 0.1) is 0 Å². The number of hydrogen-bond acceptors (Lipinski definition) is 2. The molecule has 2 atom stereocenters. The van der Waals surface area contributed by atoms with Gasteiger partial charge < -0.3 is 11.1 Å². The van der Waals surface area contributed by atoms with Crippen LogP contribution in [0.1, 0.15) is 20.7 Å². The number of carbonyl (C=O) groups excluding carboxylic acids is 2. The molecule has 4 nitrogen and oxygen atoms in total. The molecule has 0 radical (unpaired) electrons. The van der Waals surface area contributed by atoms with Crippen LogP contribution in [0.3, 0.4) is 0 Å². The van der Waals surface area contributed by atoms with Gasteiger partial charge in [-0.2, -0.15) is 0 Å². The summed E-state index contributed by atoms with van der Waals surface area (Å²) in [6.07, 6.45) is 0. The number of nitrogens with one attached hydrogen (secondary N) is 1. The van der Waals surface area contributed by atoms with Gasteiger partial charge >= 0.3 is 0 Å². The molecule has 0 saturated heterocycles. The summed E-state index contributed by atoms with van der Waals surface area (Å²) in [4.78, 5) is 23.5. The first-order valence-electron chi connectivity index (χ1n) is 5.85. The predicted octanol–water partition coefficient (Wildman–Crippen LogP) is 1.04. The van der Waals surface area contributed by atoms with Crippen molar-refractivity contribution in [2.45, 2.75) is 0 Å². The van der Waals surface area contributed by atoms with Gasteiger partial charge in [-0.15, -0.1) is 18.5 Å². The first-order valence-corrected chi connectivity index (χ1v) is 7.00. The average Bonchev–Trinajstić information content (AvgIpc) is 2.41. The van der Waals surface area contributed by atoms with Gasteiger partial charge in [-0.25, -0.2) is 0 Å². The van der Waals surface area contributed by atoms with Crippen molar-refractivity contribution in [1.82, 2.24) is 0 Å². The van der Waals surface area contributed by atoms with E-state index < -0.39 is 5.91 Å². The Hall–Kier alpha value is -1.76. The Kier molecular flexibility index (Phi) is 4.49. The molecule has 2 rings (SSSR count). The minimum atomic E-state index is -0.530. The lowest BCUT2D eigenvalue weighted by molar-refractivity contribution is 0.0997. The van der Waals surface area contributed by atoms with Gasteiger partial charge in [0, 0.05) is 22.1 Å². The molecule has 0 aliphatic rings. The zero-order valence-corrected chi connectivity index (χ0v) is 12.9. The van der Waals surface area contributed by atoms with Crippen LogP contribution < -0.4 is 21.7 Å². The van der Waals surface area contributed by atoms with Gasteiger partial charge in [0.1, 0.15) is 0 Å². The lowest BCUT2D eigenvalue weighted by Gasteiger charge is -2.11. The molecule has 2 aromatic carbocycles. The molecule has 0 aromatic heterocycles. The number of nitrogens with two attached hydrogens (primary N) is 1. The number of hydrogen-bond donors (Lipinski definition) is 2. The zero-order chi connectivity index (χ0) is 14.7. The highest BCUT2D eigenvalue weighted by Gasteiger charge is 2.13. The van der Waals surface area contributed by atoms with E-state index in [0.29, 0.717) is 22.1 Å². The van der Waals surface area contributed by atoms with E-state index in [2.05, 4.69) is 23.8 Å². The molecule has 2 aromatic rings. The van der Waals surface area contributed by atoms with E-state index in [1.807, 2.05) is 12.1 Å². The molecule has 0 aliphatic heterocycles. The molecule has 3 N–H and O–H groups in total. The van der Waals surface area contributed by atoms with Gasteiger partial charge in [0.2, 0.25) is 5.91 Å². The fraction of sp³-hybridized carbons (Fsp3) is 0. The lowest BCUT2D eigenvalue weighted by Crippen LogP contribution is -2.24. The molecule has 0 spiro atoms. The third-order valence-corrected chi connectivity index (χ3v) is 3.95. The summed E-state index contributed by atoms with van der Waals surface area (Å²) in [5.74, 6) is -0.765. The highest BCUT2D eigenvalue weighted by Crippen LogP contribution is 2.13. The molecule has 102 valence electrons. The summed E-state index contributed by atoms with van der Waals surface area (Å²) < 4.78 is 0. The number of anilines is 1. The largest absolute Gasteiger partial charge is 0.366 e. The van der Waals surface area contributed by atoms with Crippen LogP contribution in [0.5, 0.6) is 0 Å². The van der Waals surface area contributed by atoms with Crippen molar-refractivity contribution >= 4 is 46.6 Å². The molecule has 0 bridgehead atoms. The Morgan fingerprint density at radius 1 is 0.950 bits per heavy atom. The van der Waals surface area contributed by atoms with Crippen molar-refractivity contribution in [1.29, 1.82) is 0 Å². The van der Waals surface area contributed by atoms with E-state index in [9.17, 15) is 9.59 Å². The van der Waals surface area contributed by atoms with Crippen molar-refractivity contribution in [3.8, 4) is 0 Å². The van der Waals surface area contributed by atoms with E-state index >= 15 is 0 Å². The minimum Gasteiger partial charge on any atom is -0.366 e. The molecule has 0 aliphatic carbocycles. The maximum absolute atomic E-state index is 12.2. The van der Waals surface area contributed by atoms with Crippen molar-refractivity contribution < 1.29 is 9.59 Å². The van der Waals surface area contributed by atoms with Crippen molar-refractivity contribution in [2.75, 3.05) is 5.32 Å². The van der Waals surface area contributed by atoms with Crippen LogP contribution in [0, 0.1) is 0 Å². The van der Waals surface area contributed by atoms with Gasteiger partial charge in [-0.05, 0) is 23.5 Å². The summed E-state index contributed by atoms with van der Waals surface area (Å²) in [5, 5.41) is 4.17. The van der Waals surface area contributed by atoms with Crippen LogP contribution in [0.2, 0.25) is 0 Å². The molecule has 2 amide bonds. The fourth-order valence-corrected chi connectivity index (χ4v) is 2.53. The van der Waals surface area contributed by atoms with E-state index in [4.69, 9.17) is 5.73 Å². The maximum atomic E-state index is 12.2. The Balaban J connectivity index is 2.32. The van der Waals surface area contributed by atoms with Gasteiger partial charge in [-0.1, -0.05) is 24.3 Å². The normalized spacial score (nSPS) is 10.1. The van der Waals surface area contributed by atoms with Crippen LogP contribution in [-0.2, 0) is 0 Å². The molecule has 0 fully saturated rings. The third kappa shape index (κ3) is 3.04. The maximum Gasteiger partial charge on any atom is 0.256 e. The number of primary amides is 1. The monoisotopic (exact) mass is 304 g/mol. The molecule has 0 saturated carbocycles. The number of carbonyl (C=O) groups is 2. The zero-order valence-electron chi connectivity index (χ0n) is 10.6. The summed E-state index contributed by atoms with van der Waals surface area (Å²) in [7, 11) is 4.95. The summed E-state index contributed by atoms with van der Waals surface area (Å²) in [5.41, 5.74) is 6.76. The molecule has 6 heteroatoms. The number of benzene rings is 2. The quantitative estimate of drug-likeness (QED) is 0.832. The van der Waals surface area contributed by atoms with E-state index in [1.165, 1.54) is 0 Å². The minimum absolute atomic E-state index is 0.235. The standard InChI is InChI=1S/C14H14N2O2P2/c15-13(17)9-5-3-6-10(12(9)20)16-14(18)8-4-1-2-7-11(8)19/h1-7H,19-20H2,(H2,15,17)(H,16,18). The van der Waals surface area contributed by atoms with Gasteiger partial charge in [0.25, 0.3) is 5.91 Å².